The number of methoxy groups -OCH3 is 1. The van der Waals surface area contributed by atoms with Crippen LogP contribution in [0.5, 0.6) is 0 Å². The highest BCUT2D eigenvalue weighted by Gasteiger charge is 2.49. The molecule has 0 atom stereocenters. The Hall–Kier alpha value is -15.3. The van der Waals surface area contributed by atoms with E-state index in [2.05, 4.69) is 175 Å². The lowest BCUT2D eigenvalue weighted by Gasteiger charge is -2.47. The van der Waals surface area contributed by atoms with Gasteiger partial charge in [0.25, 0.3) is 11.2 Å². The molecular weight excluding hydrogens is 1720 g/mol. The van der Waals surface area contributed by atoms with Crippen molar-refractivity contribution in [1.82, 2.24) is 82.2 Å². The monoisotopic (exact) mass is 1820 g/mol. The van der Waals surface area contributed by atoms with Gasteiger partial charge >= 0.3 is 0 Å². The Balaban J connectivity index is 0.000000103. The number of aromatic nitrogens is 16. The van der Waals surface area contributed by atoms with Gasteiger partial charge in [-0.3, -0.25) is 22.8 Å². The Kier molecular flexibility index (Phi) is 22.9. The lowest BCUT2D eigenvalue weighted by Crippen LogP contribution is -2.54. The van der Waals surface area contributed by atoms with Crippen LogP contribution in [-0.2, 0) is 4.74 Å². The summed E-state index contributed by atoms with van der Waals surface area (Å²) in [5.74, 6) is 7.03. The molecule has 26 heteroatoms. The zero-order valence-electron chi connectivity index (χ0n) is 76.9. The number of β-amino-alcohol motifs (C(OH)–C–C–N with tert-alkyl or cyclic N) is 2. The number of anilines is 4. The third-order valence-corrected chi connectivity index (χ3v) is 29.1. The second-order valence-electron chi connectivity index (χ2n) is 38.1. The predicted molar refractivity (Wildman–Crippen MR) is 543 cm³/mol. The highest BCUT2D eigenvalue weighted by Crippen LogP contribution is 2.50. The second-order valence-corrected chi connectivity index (χ2v) is 38.1. The molecule has 2 saturated heterocycles. The fourth-order valence-electron chi connectivity index (χ4n) is 21.5. The fourth-order valence-corrected chi connectivity index (χ4v) is 21.5. The highest BCUT2D eigenvalue weighted by molar-refractivity contribution is 5.96. The van der Waals surface area contributed by atoms with E-state index in [-0.39, 0.29) is 11.8 Å². The summed E-state index contributed by atoms with van der Waals surface area (Å²) < 4.78 is 15.2. The molecule has 138 heavy (non-hydrogen) atoms. The zero-order chi connectivity index (χ0) is 93.3. The molecule has 4 aliphatic carbocycles. The van der Waals surface area contributed by atoms with Gasteiger partial charge in [0.1, 0.15) is 91.4 Å². The Morgan fingerprint density at radius 3 is 0.993 bits per heavy atom. The van der Waals surface area contributed by atoms with Gasteiger partial charge in [-0.2, -0.15) is 0 Å². The normalized spacial score (nSPS) is 19.4. The van der Waals surface area contributed by atoms with Crippen LogP contribution in [0.4, 0.5) is 23.3 Å². The van der Waals surface area contributed by atoms with Crippen LogP contribution in [0.3, 0.4) is 0 Å². The minimum Gasteiger partial charge on any atom is -0.389 e. The van der Waals surface area contributed by atoms with E-state index >= 15 is 0 Å². The number of hydrogen-bond donors (Lipinski definition) is 7. The SMILES string of the molecule is COC1CCC(c2nc(-c3ccc4ccc(-c5ccccc5)nc4c3)c3c(N)nccn23)CC1.Nc1nccn2c(C3CC(O)(CN4CCC4)C3)nc(-c3ccc4ccc(-c5ccccc5)nc4c3)c12.Nc1nccn2c(C3CC(O)(CN4CCCC4)C3)nc(-c3ccc4ccc(-c5ccccc5)nc4c3)c12.Nc1nccn2c(C3CCC3)nc(-c3ccc4ccc(-c5ccccc5)[n+](O)c4c3)c12. The van der Waals surface area contributed by atoms with E-state index in [9.17, 15) is 15.4 Å². The second kappa shape index (κ2) is 36.4. The summed E-state index contributed by atoms with van der Waals surface area (Å²) in [7, 11) is 1.80. The van der Waals surface area contributed by atoms with Crippen LogP contribution in [0.1, 0.15) is 137 Å². The minimum absolute atomic E-state index is 0.180. The van der Waals surface area contributed by atoms with Crippen molar-refractivity contribution in [3.05, 3.63) is 316 Å². The van der Waals surface area contributed by atoms with Crippen LogP contribution < -0.4 is 27.7 Å². The molecule has 26 rings (SSSR count). The molecule has 0 amide bonds. The van der Waals surface area contributed by atoms with Gasteiger partial charge in [-0.25, -0.2) is 54.8 Å². The summed E-state index contributed by atoms with van der Waals surface area (Å²) >= 11 is 0. The molecule has 6 aliphatic rings. The maximum Gasteiger partial charge on any atom is 0.265 e. The van der Waals surface area contributed by atoms with E-state index in [0.29, 0.717) is 72.4 Å². The van der Waals surface area contributed by atoms with Crippen molar-refractivity contribution in [2.75, 3.05) is 69.3 Å². The zero-order valence-corrected chi connectivity index (χ0v) is 76.9. The highest BCUT2D eigenvalue weighted by atomic mass is 16.5. The molecule has 4 saturated carbocycles. The topological polar surface area (TPSA) is 344 Å². The molecule has 12 aromatic heterocycles. The van der Waals surface area contributed by atoms with Crippen LogP contribution in [-0.4, -0.2) is 161 Å². The number of nitrogens with two attached hydrogens (primary N) is 4. The molecule has 2 aliphatic heterocycles. The molecule has 8 aromatic carbocycles. The van der Waals surface area contributed by atoms with E-state index in [4.69, 9.17) is 62.6 Å². The summed E-state index contributed by atoms with van der Waals surface area (Å²) in [6.45, 7) is 5.87. The molecule has 6 fully saturated rings. The maximum absolute atomic E-state index is 11.2. The van der Waals surface area contributed by atoms with E-state index in [1.807, 2.05) is 140 Å². The number of likely N-dealkylation sites (tertiary alicyclic amines) is 2. The first-order valence-corrected chi connectivity index (χ1v) is 48.1. The molecule has 26 nitrogen and oxygen atoms in total. The number of fused-ring (bicyclic) bond motifs is 8. The Morgan fingerprint density at radius 1 is 0.333 bits per heavy atom. The van der Waals surface area contributed by atoms with Gasteiger partial charge in [0.05, 0.1) is 61.9 Å². The third-order valence-electron chi connectivity index (χ3n) is 29.1. The van der Waals surface area contributed by atoms with Gasteiger partial charge in [0.2, 0.25) is 0 Å². The van der Waals surface area contributed by atoms with Crippen molar-refractivity contribution in [1.29, 1.82) is 0 Å². The molecule has 20 aromatic rings. The van der Waals surface area contributed by atoms with E-state index in [1.54, 1.807) is 31.9 Å². The van der Waals surface area contributed by atoms with Gasteiger partial charge in [0, 0.05) is 165 Å². The quantitative estimate of drug-likeness (QED) is 0.0329. The molecule has 11 N–H and O–H groups in total. The molecule has 0 bridgehead atoms. The predicted octanol–water partition coefficient (Wildman–Crippen LogP) is 19.9. The largest absolute Gasteiger partial charge is 0.389 e. The number of pyridine rings is 4. The molecule has 14 heterocycles. The molecule has 0 spiro atoms. The Morgan fingerprint density at radius 2 is 0.652 bits per heavy atom. The van der Waals surface area contributed by atoms with Crippen LogP contribution >= 0.6 is 0 Å². The summed E-state index contributed by atoms with van der Waals surface area (Å²) in [4.78, 5) is 57.4. The maximum atomic E-state index is 11.2. The van der Waals surface area contributed by atoms with Gasteiger partial charge in [-0.05, 0) is 170 Å². The Labute approximate surface area is 797 Å². The summed E-state index contributed by atoms with van der Waals surface area (Å²) in [5.41, 5.74) is 45.9. The van der Waals surface area contributed by atoms with Crippen molar-refractivity contribution in [3.63, 3.8) is 0 Å². The van der Waals surface area contributed by atoms with Crippen molar-refractivity contribution in [2.24, 2.45) is 0 Å². The standard InChI is InChI=1S/C30H30N6O.C29H28N6O.C28H27N5O.C25H22N5O/c31-28-27-26(22-9-8-21-10-11-24(33-25(21)16-22)20-6-2-1-3-7-20)34-29(36(27)15-12-32-28)23-17-30(37,18-23)19-35-13-4-5-14-35;30-27-26-25(21-8-7-20-9-10-23(32-24(20)15-21)19-5-2-1-3-6-19)33-28(35(26)14-11-31-27)22-16-29(36,17-22)18-34-12-4-13-34;1-34-22-12-9-20(10-13-22)28-32-25(26-27(29)30-15-16-33(26)28)21-8-7-19-11-14-23(31-24(19)17-21)18-5-3-2-4-6-18;26-24-23-22(28-25(18-7-4-8-18)29(23)14-13-27-24)19-10-9-17-11-12-20(30(31)21(17)15-19)16-5-2-1-3-6-16/h1-3,6-12,15-16,23,37H,4-5,13-14,17-19H2,(H2,31,32);1-3,5-11,14-15,22,36H,4,12-13,16-18H2,(H2,30,31);2-8,11,14-17,20,22H,9-10,12-13H2,1H3,(H2,29,30);1-3,5-6,9-15,18,31H,4,7-8H2,(H2,26,27)/q;;;+1. The number of imidazole rings is 4. The van der Waals surface area contributed by atoms with E-state index < -0.39 is 11.2 Å². The van der Waals surface area contributed by atoms with Gasteiger partial charge in [-0.15, -0.1) is 0 Å². The van der Waals surface area contributed by atoms with Crippen LogP contribution in [0.25, 0.3) is 156 Å². The molecule has 0 radical (unpaired) electrons. The molecular formula is C112H107N22O4+. The smallest absolute Gasteiger partial charge is 0.265 e. The van der Waals surface area contributed by atoms with Gasteiger partial charge < -0.3 is 47.7 Å². The fraction of sp³-hybridized carbons (Fsp3) is 0.250. The van der Waals surface area contributed by atoms with Crippen LogP contribution in [0, 0.1) is 0 Å². The number of hydrogen-bond acceptors (Lipinski definition) is 21. The summed E-state index contributed by atoms with van der Waals surface area (Å²) in [6.07, 6.45) is 29.3. The first kappa shape index (κ1) is 86.8. The number of ether oxygens (including phenoxy) is 1. The number of aliphatic hydroxyl groups is 2. The lowest BCUT2D eigenvalue weighted by molar-refractivity contribution is -0.876. The number of rotatable bonds is 17. The van der Waals surface area contributed by atoms with E-state index in [1.165, 1.54) is 30.4 Å². The van der Waals surface area contributed by atoms with Crippen molar-refractivity contribution < 1.29 is 24.9 Å². The number of benzene rings is 8. The average molecular weight is 1830 g/mol. The van der Waals surface area contributed by atoms with Crippen LogP contribution in [0.15, 0.2) is 292 Å². The lowest BCUT2D eigenvalue weighted by atomic mass is 9.70. The summed E-state index contributed by atoms with van der Waals surface area (Å²) in [6, 6.07) is 81.8. The van der Waals surface area contributed by atoms with Crippen molar-refractivity contribution in [2.45, 2.75) is 131 Å². The minimum atomic E-state index is -0.639. The third kappa shape index (κ3) is 16.7. The number of nitrogen functional groups attached to an aromatic ring is 4. The van der Waals surface area contributed by atoms with Gasteiger partial charge in [0.15, 0.2) is 0 Å². The summed E-state index contributed by atoms with van der Waals surface area (Å²) in [5, 5.41) is 37.4. The average Bonchev–Trinajstić information content (AvgIpc) is 1.65. The first-order chi connectivity index (χ1) is 67.5. The van der Waals surface area contributed by atoms with Crippen molar-refractivity contribution >= 4 is 88.9 Å². The van der Waals surface area contributed by atoms with Crippen LogP contribution in [0.2, 0.25) is 0 Å². The van der Waals surface area contributed by atoms with Gasteiger partial charge in [-0.1, -0.05) is 176 Å². The van der Waals surface area contributed by atoms with Crippen molar-refractivity contribution in [3.8, 4) is 90.1 Å². The molecule has 0 unspecified atom stereocenters. The van der Waals surface area contributed by atoms with E-state index in [0.717, 1.165) is 251 Å². The first-order valence-electron chi connectivity index (χ1n) is 48.1. The number of nitrogens with zero attached hydrogens (tertiary/aromatic N) is 18. The Bertz CT molecular complexity index is 7960. The molecule has 688 valence electrons.